The summed E-state index contributed by atoms with van der Waals surface area (Å²) < 4.78 is -0.0395. The Morgan fingerprint density at radius 2 is 1.58 bits per heavy atom. The fourth-order valence-corrected chi connectivity index (χ4v) is 16.9. The van der Waals surface area contributed by atoms with Gasteiger partial charge < -0.3 is 0 Å². The summed E-state index contributed by atoms with van der Waals surface area (Å²) in [5.41, 5.74) is 7.84. The quantitative estimate of drug-likeness (QED) is 0.172. The normalized spacial score (nSPS) is 28.3. The maximum absolute atomic E-state index is 6.88. The van der Waals surface area contributed by atoms with E-state index >= 15 is 0 Å². The predicted octanol–water partition coefficient (Wildman–Crippen LogP) is 10.9. The van der Waals surface area contributed by atoms with Gasteiger partial charge in [0.15, 0.2) is 0 Å². The number of terminal acetylenes is 1. The molecular formula is C42H52P2S. The van der Waals surface area contributed by atoms with Gasteiger partial charge >= 0.3 is 0 Å². The number of allylic oxidation sites excluding steroid dienone is 9. The monoisotopic (exact) mass is 650 g/mol. The summed E-state index contributed by atoms with van der Waals surface area (Å²) in [6.07, 6.45) is 31.1. The molecule has 5 atom stereocenters. The first kappa shape index (κ1) is 34.3. The van der Waals surface area contributed by atoms with E-state index < -0.39 is 7.92 Å². The van der Waals surface area contributed by atoms with Gasteiger partial charge in [-0.05, 0) is 121 Å². The molecule has 0 bridgehead atoms. The zero-order valence-electron chi connectivity index (χ0n) is 28.3. The fourth-order valence-electron chi connectivity index (χ4n) is 8.17. The molecule has 1 aliphatic heterocycles. The van der Waals surface area contributed by atoms with Gasteiger partial charge in [0.2, 0.25) is 0 Å². The number of thioether (sulfide) groups is 1. The molecule has 1 saturated heterocycles. The SMILES string of the molecule is C#C[C@H]([C@@H]1[C@H](C)CSC1(C1=C/C=C\C=C(C2=CCCC2)/C=C\1)[C@H](CC)P(CC)CC)P(c1ccccc1C)c1ccccc1C. The summed E-state index contributed by atoms with van der Waals surface area (Å²) in [6, 6.07) is 18.1. The third-order valence-electron chi connectivity index (χ3n) is 10.3. The third-order valence-corrected chi connectivity index (χ3v) is 18.8. The second-order valence-corrected chi connectivity index (χ2v) is 19.5. The van der Waals surface area contributed by atoms with E-state index in [9.17, 15) is 0 Å². The van der Waals surface area contributed by atoms with E-state index in [1.165, 1.54) is 76.5 Å². The molecule has 2 aliphatic carbocycles. The van der Waals surface area contributed by atoms with E-state index in [-0.39, 0.29) is 18.3 Å². The van der Waals surface area contributed by atoms with E-state index in [2.05, 4.69) is 150 Å². The van der Waals surface area contributed by atoms with E-state index in [1.54, 1.807) is 0 Å². The van der Waals surface area contributed by atoms with Gasteiger partial charge in [0.05, 0.1) is 10.4 Å². The highest BCUT2D eigenvalue weighted by Crippen LogP contribution is 2.66. The molecule has 0 aromatic heterocycles. The Hall–Kier alpha value is -2.09. The molecule has 1 fully saturated rings. The molecule has 5 rings (SSSR count). The predicted molar refractivity (Wildman–Crippen MR) is 207 cm³/mol. The van der Waals surface area contributed by atoms with Gasteiger partial charge in [-0.1, -0.05) is 125 Å². The Bertz CT molecular complexity index is 1480. The maximum Gasteiger partial charge on any atom is 0.0529 e. The van der Waals surface area contributed by atoms with Crippen LogP contribution in [0.25, 0.3) is 0 Å². The van der Waals surface area contributed by atoms with Crippen molar-refractivity contribution in [3.05, 3.63) is 119 Å². The van der Waals surface area contributed by atoms with Crippen LogP contribution in [-0.2, 0) is 0 Å². The van der Waals surface area contributed by atoms with Crippen molar-refractivity contribution in [3.8, 4) is 12.3 Å². The maximum atomic E-state index is 6.88. The lowest BCUT2D eigenvalue weighted by Gasteiger charge is -2.50. The van der Waals surface area contributed by atoms with Crippen LogP contribution in [0.15, 0.2) is 108 Å². The highest BCUT2D eigenvalue weighted by Gasteiger charge is 2.58. The fraction of sp³-hybridized carbons (Fsp3) is 0.429. The van der Waals surface area contributed by atoms with Gasteiger partial charge in [0, 0.05) is 0 Å². The lowest BCUT2D eigenvalue weighted by Crippen LogP contribution is -2.50. The Balaban J connectivity index is 1.74. The van der Waals surface area contributed by atoms with Gasteiger partial charge in [0.1, 0.15) is 0 Å². The van der Waals surface area contributed by atoms with E-state index in [0.29, 0.717) is 17.5 Å². The minimum atomic E-state index is -0.791. The van der Waals surface area contributed by atoms with Crippen LogP contribution in [-0.4, -0.2) is 34.1 Å². The molecule has 2 aromatic rings. The van der Waals surface area contributed by atoms with Crippen molar-refractivity contribution < 1.29 is 0 Å². The molecule has 0 radical (unpaired) electrons. The molecule has 3 heteroatoms. The summed E-state index contributed by atoms with van der Waals surface area (Å²) in [4.78, 5) is 0. The molecular weight excluding hydrogens is 598 g/mol. The molecule has 0 amide bonds. The molecule has 45 heavy (non-hydrogen) atoms. The van der Waals surface area contributed by atoms with Crippen molar-refractivity contribution in [1.82, 2.24) is 0 Å². The van der Waals surface area contributed by atoms with Crippen molar-refractivity contribution in [2.75, 3.05) is 18.1 Å². The standard InChI is InChI=1S/C42H52P2S/c1-8-37(44(38-26-18-12-20-31(38)5)39-27-19-13-21-32(39)6)41-33(7)30-45-42(41,40(9-2)43(10-3)11-4)36-25-17-16-24-35(28-29-36)34-22-14-15-23-34/h1,12-13,16-22,24-29,33,37,40-41H,9-11,14-15,23,30H2,2-7H3/b17-16-,24-16?,25-17?,29-28-,35-24+,35-28?,36-25+,36-29?/t33-,37-,40+,41+,42?/m1/s1. The van der Waals surface area contributed by atoms with E-state index in [1.807, 2.05) is 0 Å². The molecule has 0 N–H and O–H groups in total. The molecule has 0 spiro atoms. The highest BCUT2D eigenvalue weighted by atomic mass is 32.2. The number of rotatable bonds is 11. The number of aryl methyl sites for hydroxylation is 2. The van der Waals surface area contributed by atoms with E-state index in [4.69, 9.17) is 6.42 Å². The van der Waals surface area contributed by atoms with Gasteiger partial charge in [-0.3, -0.25) is 0 Å². The molecule has 1 unspecified atom stereocenters. The lowest BCUT2D eigenvalue weighted by molar-refractivity contribution is 0.346. The Labute approximate surface area is 281 Å². The van der Waals surface area contributed by atoms with Crippen molar-refractivity contribution in [3.63, 3.8) is 0 Å². The zero-order valence-corrected chi connectivity index (χ0v) is 30.9. The molecule has 1 heterocycles. The lowest BCUT2D eigenvalue weighted by atomic mass is 9.73. The Kier molecular flexibility index (Phi) is 11.9. The smallest absolute Gasteiger partial charge is 0.0529 e. The first-order valence-corrected chi connectivity index (χ1v) is 21.3. The van der Waals surface area contributed by atoms with Crippen LogP contribution >= 0.6 is 27.6 Å². The van der Waals surface area contributed by atoms with Crippen LogP contribution < -0.4 is 10.6 Å². The van der Waals surface area contributed by atoms with Gasteiger partial charge in [-0.15, -0.1) is 26.1 Å². The third kappa shape index (κ3) is 6.82. The van der Waals surface area contributed by atoms with E-state index in [0.717, 1.165) is 5.75 Å². The number of hydrogen-bond donors (Lipinski definition) is 0. The topological polar surface area (TPSA) is 0 Å². The van der Waals surface area contributed by atoms with Crippen molar-refractivity contribution in [1.29, 1.82) is 0 Å². The van der Waals surface area contributed by atoms with Gasteiger partial charge in [-0.2, -0.15) is 0 Å². The highest BCUT2D eigenvalue weighted by molar-refractivity contribution is 8.01. The summed E-state index contributed by atoms with van der Waals surface area (Å²) >= 11 is 2.26. The molecule has 2 aromatic carbocycles. The van der Waals surface area contributed by atoms with Crippen LogP contribution in [0.5, 0.6) is 0 Å². The average molecular weight is 651 g/mol. The van der Waals surface area contributed by atoms with Gasteiger partial charge in [-0.25, -0.2) is 0 Å². The molecule has 0 nitrogen and oxygen atoms in total. The largest absolute Gasteiger partial charge is 0.149 e. The van der Waals surface area contributed by atoms with Gasteiger partial charge in [0.25, 0.3) is 0 Å². The van der Waals surface area contributed by atoms with Crippen LogP contribution in [0.2, 0.25) is 0 Å². The van der Waals surface area contributed by atoms with Crippen LogP contribution in [0, 0.1) is 38.0 Å². The number of benzene rings is 2. The first-order valence-electron chi connectivity index (χ1n) is 17.1. The second kappa shape index (κ2) is 15.7. The second-order valence-electron chi connectivity index (χ2n) is 12.9. The van der Waals surface area contributed by atoms with Crippen molar-refractivity contribution in [2.24, 2.45) is 11.8 Å². The van der Waals surface area contributed by atoms with Crippen molar-refractivity contribution in [2.45, 2.75) is 83.3 Å². The molecule has 3 aliphatic rings. The summed E-state index contributed by atoms with van der Waals surface area (Å²) in [6.45, 7) is 14.4. The Morgan fingerprint density at radius 3 is 2.13 bits per heavy atom. The summed E-state index contributed by atoms with van der Waals surface area (Å²) in [7, 11) is -0.953. The zero-order chi connectivity index (χ0) is 32.0. The van der Waals surface area contributed by atoms with Crippen LogP contribution in [0.4, 0.5) is 0 Å². The van der Waals surface area contributed by atoms with Crippen LogP contribution in [0.1, 0.15) is 64.5 Å². The average Bonchev–Trinajstić information content (AvgIpc) is 3.69. The minimum absolute atomic E-state index is 0.0395. The first-order chi connectivity index (χ1) is 21.9. The van der Waals surface area contributed by atoms with Crippen LogP contribution in [0.3, 0.4) is 0 Å². The summed E-state index contributed by atoms with van der Waals surface area (Å²) in [5, 5.41) is 2.90. The number of hydrogen-bond acceptors (Lipinski definition) is 1. The Morgan fingerprint density at radius 1 is 0.933 bits per heavy atom. The molecule has 236 valence electrons. The minimum Gasteiger partial charge on any atom is -0.149 e. The van der Waals surface area contributed by atoms with Crippen molar-refractivity contribution >= 4 is 38.2 Å². The molecule has 0 saturated carbocycles. The summed E-state index contributed by atoms with van der Waals surface area (Å²) in [5.74, 6) is 5.63.